The molecule has 4 N–H and O–H groups in total. The van der Waals surface area contributed by atoms with Gasteiger partial charge in [0.15, 0.2) is 21.6 Å². The summed E-state index contributed by atoms with van der Waals surface area (Å²) in [6.45, 7) is 12.1. The van der Waals surface area contributed by atoms with E-state index in [1.165, 1.54) is 5.38 Å². The quantitative estimate of drug-likeness (QED) is 0.174. The van der Waals surface area contributed by atoms with E-state index in [0.717, 1.165) is 79.8 Å². The number of aryl methyl sites for hydroxylation is 1. The summed E-state index contributed by atoms with van der Waals surface area (Å²) in [4.78, 5) is 4.70. The van der Waals surface area contributed by atoms with E-state index >= 15 is 0 Å². The van der Waals surface area contributed by atoms with Gasteiger partial charge in [-0.05, 0) is 78.8 Å². The number of hydrogen-bond donors (Lipinski definition) is 4. The Kier molecular flexibility index (Phi) is 11.2. The molecule has 0 aromatic carbocycles. The monoisotopic (exact) mass is 599 g/mol. The van der Waals surface area contributed by atoms with E-state index in [0.29, 0.717) is 18.2 Å². The maximum Gasteiger partial charge on any atom is 0.254 e. The highest BCUT2D eigenvalue weighted by atomic mass is 32.2. The number of hydrogen-bond acceptors (Lipinski definition) is 12. The van der Waals surface area contributed by atoms with Crippen LogP contribution in [-0.4, -0.2) is 77.9 Å². The van der Waals surface area contributed by atoms with Gasteiger partial charge >= 0.3 is 0 Å². The lowest BCUT2D eigenvalue weighted by Gasteiger charge is -2.20. The molecule has 0 unspecified atom stereocenters. The molecule has 0 atom stereocenters. The number of unbranched alkanes of at least 4 members (excludes halogenated alkanes) is 1. The van der Waals surface area contributed by atoms with Crippen molar-refractivity contribution in [3.8, 4) is 5.75 Å². The average molecular weight is 600 g/mol. The van der Waals surface area contributed by atoms with Gasteiger partial charge in [0.1, 0.15) is 5.76 Å². The van der Waals surface area contributed by atoms with Crippen LogP contribution in [0, 0.1) is 0 Å². The second kappa shape index (κ2) is 13.9. The van der Waals surface area contributed by atoms with Crippen molar-refractivity contribution in [2.75, 3.05) is 50.9 Å². The summed E-state index contributed by atoms with van der Waals surface area (Å²) in [5.41, 5.74) is 0.733. The predicted molar refractivity (Wildman–Crippen MR) is 159 cm³/mol. The van der Waals surface area contributed by atoms with Crippen LogP contribution in [0.1, 0.15) is 51.9 Å². The Balaban J connectivity index is 1.48. The van der Waals surface area contributed by atoms with E-state index in [2.05, 4.69) is 54.9 Å². The molecule has 0 bridgehead atoms. The van der Waals surface area contributed by atoms with Crippen LogP contribution in [0.15, 0.2) is 26.3 Å². The fourth-order valence-electron chi connectivity index (χ4n) is 3.72. The molecule has 0 saturated heterocycles. The highest BCUT2D eigenvalue weighted by molar-refractivity contribution is 7.91. The van der Waals surface area contributed by atoms with Crippen molar-refractivity contribution in [3.05, 3.63) is 29.0 Å². The van der Waals surface area contributed by atoms with Crippen molar-refractivity contribution in [2.24, 2.45) is 0 Å². The number of aromatic nitrogens is 2. The van der Waals surface area contributed by atoms with Gasteiger partial charge in [0.2, 0.25) is 0 Å². The van der Waals surface area contributed by atoms with Crippen LogP contribution < -0.4 is 15.4 Å². The molecular formula is C25H41N7O4S3. The number of furan rings is 1. The SMILES string of the molecule is CCN(C)CCN(C)CCCCc1coc(CNc2nsnc2Nc2csc(S(=O)(=O)NC(C)(C)C)c2O)c1. The summed E-state index contributed by atoms with van der Waals surface area (Å²) < 4.78 is 41.9. The van der Waals surface area contributed by atoms with Gasteiger partial charge in [-0.15, -0.1) is 11.3 Å². The molecule has 0 aliphatic carbocycles. The third-order valence-electron chi connectivity index (χ3n) is 5.96. The summed E-state index contributed by atoms with van der Waals surface area (Å²) in [5, 5.41) is 18.3. The predicted octanol–water partition coefficient (Wildman–Crippen LogP) is 4.54. The maximum atomic E-state index is 12.6. The molecule has 0 radical (unpaired) electrons. The molecule has 218 valence electrons. The first-order valence-electron chi connectivity index (χ1n) is 13.0. The molecule has 3 rings (SSSR count). The highest BCUT2D eigenvalue weighted by Crippen LogP contribution is 2.40. The Morgan fingerprint density at radius 2 is 1.79 bits per heavy atom. The second-order valence-corrected chi connectivity index (χ2v) is 13.9. The van der Waals surface area contributed by atoms with Crippen LogP contribution in [0.25, 0.3) is 0 Å². The van der Waals surface area contributed by atoms with Gasteiger partial charge in [-0.1, -0.05) is 6.92 Å². The Morgan fingerprint density at radius 3 is 2.51 bits per heavy atom. The summed E-state index contributed by atoms with van der Waals surface area (Å²) in [6, 6.07) is 2.05. The second-order valence-electron chi connectivity index (χ2n) is 10.7. The van der Waals surface area contributed by atoms with Gasteiger partial charge in [0.25, 0.3) is 10.0 Å². The first kappa shape index (κ1) is 31.3. The third kappa shape index (κ3) is 9.72. The molecule has 3 heterocycles. The molecule has 11 nitrogen and oxygen atoms in total. The van der Waals surface area contributed by atoms with Crippen LogP contribution >= 0.6 is 23.1 Å². The van der Waals surface area contributed by atoms with E-state index in [1.54, 1.807) is 27.0 Å². The van der Waals surface area contributed by atoms with Gasteiger partial charge in [-0.25, -0.2) is 13.1 Å². The van der Waals surface area contributed by atoms with Crippen molar-refractivity contribution in [3.63, 3.8) is 0 Å². The van der Waals surface area contributed by atoms with E-state index < -0.39 is 15.6 Å². The van der Waals surface area contributed by atoms with Crippen molar-refractivity contribution in [1.29, 1.82) is 0 Å². The van der Waals surface area contributed by atoms with Gasteiger partial charge in [-0.2, -0.15) is 8.75 Å². The minimum Gasteiger partial charge on any atom is -0.504 e. The van der Waals surface area contributed by atoms with Gasteiger partial charge < -0.3 is 30.0 Å². The van der Waals surface area contributed by atoms with Gasteiger partial charge in [0.05, 0.1) is 30.2 Å². The normalized spacial score (nSPS) is 12.5. The van der Waals surface area contributed by atoms with E-state index in [1.807, 2.05) is 6.07 Å². The molecule has 0 fully saturated rings. The Hall–Kier alpha value is -2.23. The van der Waals surface area contributed by atoms with Gasteiger partial charge in [0, 0.05) is 24.0 Å². The number of likely N-dealkylation sites (N-methyl/N-ethyl adjacent to an activating group) is 2. The molecule has 0 aliphatic heterocycles. The highest BCUT2D eigenvalue weighted by Gasteiger charge is 2.28. The molecule has 0 saturated carbocycles. The van der Waals surface area contributed by atoms with Crippen LogP contribution in [0.4, 0.5) is 17.3 Å². The lowest BCUT2D eigenvalue weighted by Crippen LogP contribution is -2.40. The van der Waals surface area contributed by atoms with Crippen molar-refractivity contribution in [2.45, 2.75) is 63.3 Å². The first-order chi connectivity index (χ1) is 18.4. The molecule has 0 aliphatic rings. The van der Waals surface area contributed by atoms with Crippen LogP contribution in [0.3, 0.4) is 0 Å². The fourth-order valence-corrected chi connectivity index (χ4v) is 6.86. The lowest BCUT2D eigenvalue weighted by molar-refractivity contribution is 0.260. The van der Waals surface area contributed by atoms with Gasteiger partial charge in [-0.3, -0.25) is 0 Å². The van der Waals surface area contributed by atoms with Crippen molar-refractivity contribution < 1.29 is 17.9 Å². The molecule has 39 heavy (non-hydrogen) atoms. The standard InChI is InChI=1S/C25H41N7O4S3/c1-7-31(5)12-13-32(6)11-9-8-10-18-14-19(36-16-18)15-26-22-23(29-38-28-22)27-20-17-37-24(21(20)33)39(34,35)30-25(2,3)4/h14,16-17,30,33H,7-13,15H2,1-6H3,(H,26,28)(H,27,29). The zero-order chi connectivity index (χ0) is 28.6. The number of aromatic hydroxyl groups is 1. The largest absolute Gasteiger partial charge is 0.504 e. The zero-order valence-corrected chi connectivity index (χ0v) is 26.0. The van der Waals surface area contributed by atoms with Crippen LogP contribution in [-0.2, 0) is 23.0 Å². The maximum absolute atomic E-state index is 12.6. The molecule has 14 heteroatoms. The minimum absolute atomic E-state index is 0.156. The summed E-state index contributed by atoms with van der Waals surface area (Å²) in [5.74, 6) is 1.30. The molecule has 0 spiro atoms. The lowest BCUT2D eigenvalue weighted by atomic mass is 10.1. The van der Waals surface area contributed by atoms with Crippen molar-refractivity contribution >= 4 is 50.4 Å². The number of nitrogens with one attached hydrogen (secondary N) is 3. The number of anilines is 3. The topological polar surface area (TPSA) is 136 Å². The molecular weight excluding hydrogens is 559 g/mol. The average Bonchev–Trinajstić information content (AvgIpc) is 3.58. The Labute approximate surface area is 240 Å². The molecule has 3 aromatic rings. The van der Waals surface area contributed by atoms with Crippen molar-refractivity contribution in [1.82, 2.24) is 23.3 Å². The van der Waals surface area contributed by atoms with E-state index in [9.17, 15) is 13.5 Å². The Morgan fingerprint density at radius 1 is 1.08 bits per heavy atom. The molecule has 0 amide bonds. The summed E-state index contributed by atoms with van der Waals surface area (Å²) in [6.07, 6.45) is 4.99. The number of rotatable bonds is 16. The number of sulfonamides is 1. The zero-order valence-electron chi connectivity index (χ0n) is 23.6. The smallest absolute Gasteiger partial charge is 0.254 e. The fraction of sp³-hybridized carbons (Fsp3) is 0.600. The number of nitrogens with zero attached hydrogens (tertiary/aromatic N) is 4. The van der Waals surface area contributed by atoms with Crippen LogP contribution in [0.2, 0.25) is 0 Å². The van der Waals surface area contributed by atoms with E-state index in [4.69, 9.17) is 4.42 Å². The minimum atomic E-state index is -3.87. The summed E-state index contributed by atoms with van der Waals surface area (Å²) >= 11 is 1.93. The first-order valence-corrected chi connectivity index (χ1v) is 16.1. The third-order valence-corrected chi connectivity index (χ3v) is 9.75. The molecule has 3 aromatic heterocycles. The Bertz CT molecular complexity index is 1280. The summed E-state index contributed by atoms with van der Waals surface area (Å²) in [7, 11) is 0.451. The van der Waals surface area contributed by atoms with E-state index in [-0.39, 0.29) is 15.6 Å². The van der Waals surface area contributed by atoms with Crippen LogP contribution in [0.5, 0.6) is 5.75 Å². The number of thiophene rings is 1.